The molecule has 2 nitrogen and oxygen atoms in total. The molecule has 2 heterocycles. The van der Waals surface area contributed by atoms with Crippen LogP contribution in [0.5, 0.6) is 11.5 Å². The van der Waals surface area contributed by atoms with E-state index in [0.29, 0.717) is 0 Å². The lowest BCUT2D eigenvalue weighted by atomic mass is 9.65. The molecule has 0 amide bonds. The van der Waals surface area contributed by atoms with Crippen LogP contribution in [-0.4, -0.2) is 0 Å². The van der Waals surface area contributed by atoms with Gasteiger partial charge in [0, 0.05) is 58.9 Å². The Morgan fingerprint density at radius 2 is 0.942 bits per heavy atom. The van der Waals surface area contributed by atoms with E-state index in [1.807, 2.05) is 11.3 Å². The van der Waals surface area contributed by atoms with Crippen LogP contribution in [0.25, 0.3) is 75.1 Å². The second-order valence-electron chi connectivity index (χ2n) is 19.5. The normalized spacial score (nSPS) is 14.3. The van der Waals surface area contributed by atoms with E-state index in [0.717, 1.165) is 39.2 Å². The number of hydrogen-bond acceptors (Lipinski definition) is 3. The van der Waals surface area contributed by atoms with Gasteiger partial charge in [-0.2, -0.15) is 0 Å². The van der Waals surface area contributed by atoms with Crippen molar-refractivity contribution in [2.24, 2.45) is 0 Å². The summed E-state index contributed by atoms with van der Waals surface area (Å²) in [5.41, 5.74) is 17.8. The van der Waals surface area contributed by atoms with Crippen LogP contribution in [-0.2, 0) is 10.8 Å². The van der Waals surface area contributed by atoms with Crippen molar-refractivity contribution in [3.05, 3.63) is 258 Å². The lowest BCUT2D eigenvalue weighted by Crippen LogP contribution is -2.32. The van der Waals surface area contributed by atoms with Crippen molar-refractivity contribution in [2.75, 3.05) is 4.90 Å². The van der Waals surface area contributed by atoms with Gasteiger partial charge >= 0.3 is 0 Å². The van der Waals surface area contributed by atoms with E-state index in [-0.39, 0.29) is 5.41 Å². The van der Waals surface area contributed by atoms with Crippen molar-refractivity contribution < 1.29 is 4.74 Å². The highest BCUT2D eigenvalue weighted by Gasteiger charge is 2.52. The third-order valence-corrected chi connectivity index (χ3v) is 16.8. The summed E-state index contributed by atoms with van der Waals surface area (Å²) in [5, 5.41) is 7.13. The molecule has 324 valence electrons. The van der Waals surface area contributed by atoms with Crippen molar-refractivity contribution in [3.8, 4) is 44.9 Å². The smallest absolute Gasteiger partial charge is 0.140 e. The fourth-order valence-corrected chi connectivity index (χ4v) is 13.7. The Bertz CT molecular complexity index is 4090. The van der Waals surface area contributed by atoms with Crippen LogP contribution >= 0.6 is 11.3 Å². The first-order chi connectivity index (χ1) is 34.0. The van der Waals surface area contributed by atoms with E-state index in [4.69, 9.17) is 4.74 Å². The fraction of sp³-hybridized carbons (Fsp3) is 0.0606. The number of anilines is 3. The molecular formula is C66H43NOS. The number of nitrogens with zero attached hydrogens (tertiary/aromatic N) is 1. The molecular weight excluding hydrogens is 855 g/mol. The molecule has 1 aromatic heterocycles. The Labute approximate surface area is 405 Å². The molecule has 0 fully saturated rings. The van der Waals surface area contributed by atoms with Crippen molar-refractivity contribution in [3.63, 3.8) is 0 Å². The Hall–Kier alpha value is -8.24. The maximum Gasteiger partial charge on any atom is 0.140 e. The first kappa shape index (κ1) is 38.8. The standard InChI is InChI=1S/C66H43NOS/c1-65(2)53-24-10-7-21-48(53)50-34-32-45(39-57(50)65)67(59-26-14-28-61-62(59)52-23-9-12-27-60(52)69-61)44-18-13-17-42(37-44)43-29-33-51-49-22-8-11-25-54(49)66(58(51)38-43)55-35-30-40-15-3-5-19-46(40)63(55)68-64-47-20-6-4-16-41(47)31-36-56(64)66/h3-39H,1-2H3. The summed E-state index contributed by atoms with van der Waals surface area (Å²) >= 11 is 1.87. The van der Waals surface area contributed by atoms with Gasteiger partial charge in [0.1, 0.15) is 11.5 Å². The minimum Gasteiger partial charge on any atom is -0.455 e. The Kier molecular flexibility index (Phi) is 7.96. The van der Waals surface area contributed by atoms with E-state index in [1.54, 1.807) is 0 Å². The van der Waals surface area contributed by atoms with Gasteiger partial charge in [-0.05, 0) is 115 Å². The second-order valence-corrected chi connectivity index (χ2v) is 20.6. The van der Waals surface area contributed by atoms with Crippen LogP contribution in [0.4, 0.5) is 17.1 Å². The molecule has 1 aliphatic heterocycles. The number of benzene rings is 11. The average molecular weight is 898 g/mol. The van der Waals surface area contributed by atoms with Gasteiger partial charge in [0.25, 0.3) is 0 Å². The molecule has 0 N–H and O–H groups in total. The number of ether oxygens (including phenoxy) is 1. The molecule has 69 heavy (non-hydrogen) atoms. The molecule has 15 rings (SSSR count). The lowest BCUT2D eigenvalue weighted by Gasteiger charge is -2.40. The summed E-state index contributed by atoms with van der Waals surface area (Å²) in [7, 11) is 0. The van der Waals surface area contributed by atoms with Crippen molar-refractivity contribution >= 4 is 70.1 Å². The largest absolute Gasteiger partial charge is 0.455 e. The zero-order valence-electron chi connectivity index (χ0n) is 38.1. The molecule has 0 bridgehead atoms. The highest BCUT2D eigenvalue weighted by molar-refractivity contribution is 7.26. The summed E-state index contributed by atoms with van der Waals surface area (Å²) in [4.78, 5) is 2.51. The zero-order valence-corrected chi connectivity index (χ0v) is 38.9. The van der Waals surface area contributed by atoms with Gasteiger partial charge in [0.2, 0.25) is 0 Å². The molecule has 0 saturated carbocycles. The molecule has 3 aliphatic rings. The third-order valence-electron chi connectivity index (χ3n) is 15.7. The number of hydrogen-bond donors (Lipinski definition) is 0. The van der Waals surface area contributed by atoms with Crippen LogP contribution < -0.4 is 9.64 Å². The molecule has 0 radical (unpaired) electrons. The van der Waals surface area contributed by atoms with Crippen molar-refractivity contribution in [1.29, 1.82) is 0 Å². The van der Waals surface area contributed by atoms with Gasteiger partial charge in [0.15, 0.2) is 0 Å². The SMILES string of the molecule is CC1(C)c2ccccc2-c2ccc(N(c3cccc(-c4ccc5c(c4)C4(c6ccccc6-5)c5ccc6ccccc6c5Oc5c4ccc4ccccc54)c3)c3cccc4sc5ccccc5c34)cc21. The summed E-state index contributed by atoms with van der Waals surface area (Å²) in [6.45, 7) is 4.75. The average Bonchev–Trinajstić information content (AvgIpc) is 4.00. The number of fused-ring (bicyclic) bond motifs is 19. The third kappa shape index (κ3) is 5.26. The fourth-order valence-electron chi connectivity index (χ4n) is 12.6. The van der Waals surface area contributed by atoms with Crippen LogP contribution in [0.3, 0.4) is 0 Å². The zero-order chi connectivity index (χ0) is 45.6. The monoisotopic (exact) mass is 897 g/mol. The Morgan fingerprint density at radius 3 is 1.71 bits per heavy atom. The van der Waals surface area contributed by atoms with Crippen LogP contribution in [0.2, 0.25) is 0 Å². The number of thiophene rings is 1. The minimum atomic E-state index is -0.632. The summed E-state index contributed by atoms with van der Waals surface area (Å²) < 4.78 is 9.85. The van der Waals surface area contributed by atoms with Gasteiger partial charge in [0.05, 0.1) is 11.1 Å². The van der Waals surface area contributed by atoms with E-state index in [1.165, 1.54) is 97.8 Å². The van der Waals surface area contributed by atoms with Gasteiger partial charge in [-0.15, -0.1) is 11.3 Å². The Balaban J connectivity index is 0.965. The first-order valence-corrected chi connectivity index (χ1v) is 24.8. The Morgan fingerprint density at radius 1 is 0.377 bits per heavy atom. The molecule has 1 spiro atoms. The second kappa shape index (κ2) is 14.1. The van der Waals surface area contributed by atoms with Crippen LogP contribution in [0.1, 0.15) is 47.2 Å². The van der Waals surface area contributed by atoms with E-state index in [2.05, 4.69) is 243 Å². The summed E-state index contributed by atoms with van der Waals surface area (Å²) in [6, 6.07) is 83.8. The molecule has 2 aliphatic carbocycles. The van der Waals surface area contributed by atoms with E-state index in [9.17, 15) is 0 Å². The van der Waals surface area contributed by atoms with Gasteiger partial charge in [-0.3, -0.25) is 0 Å². The quantitative estimate of drug-likeness (QED) is 0.175. The molecule has 0 unspecified atom stereocenters. The number of rotatable bonds is 4. The maximum atomic E-state index is 7.27. The highest BCUT2D eigenvalue weighted by Crippen LogP contribution is 2.64. The predicted octanol–water partition coefficient (Wildman–Crippen LogP) is 18.3. The summed E-state index contributed by atoms with van der Waals surface area (Å²) in [6.07, 6.45) is 0. The lowest BCUT2D eigenvalue weighted by molar-refractivity contribution is 0.447. The topological polar surface area (TPSA) is 12.5 Å². The van der Waals surface area contributed by atoms with E-state index < -0.39 is 5.41 Å². The van der Waals surface area contributed by atoms with Crippen molar-refractivity contribution in [1.82, 2.24) is 0 Å². The maximum absolute atomic E-state index is 7.27. The van der Waals surface area contributed by atoms with Crippen LogP contribution in [0, 0.1) is 0 Å². The van der Waals surface area contributed by atoms with Crippen LogP contribution in [0.15, 0.2) is 224 Å². The highest BCUT2D eigenvalue weighted by atomic mass is 32.1. The molecule has 3 heteroatoms. The predicted molar refractivity (Wildman–Crippen MR) is 289 cm³/mol. The van der Waals surface area contributed by atoms with Gasteiger partial charge in [-0.1, -0.05) is 190 Å². The molecule has 12 aromatic rings. The van der Waals surface area contributed by atoms with E-state index >= 15 is 0 Å². The van der Waals surface area contributed by atoms with Crippen molar-refractivity contribution in [2.45, 2.75) is 24.7 Å². The molecule has 11 aromatic carbocycles. The molecule has 0 atom stereocenters. The molecule has 0 saturated heterocycles. The van der Waals surface area contributed by atoms with Gasteiger partial charge in [-0.25, -0.2) is 0 Å². The first-order valence-electron chi connectivity index (χ1n) is 24.0. The van der Waals surface area contributed by atoms with Gasteiger partial charge < -0.3 is 9.64 Å². The minimum absolute atomic E-state index is 0.144. The summed E-state index contributed by atoms with van der Waals surface area (Å²) in [5.74, 6) is 1.86.